The predicted molar refractivity (Wildman–Crippen MR) is 85.3 cm³/mol. The Hall–Kier alpha value is -2.63. The molecule has 0 unspecified atom stereocenters. The van der Waals surface area contributed by atoms with Gasteiger partial charge in [0.1, 0.15) is 5.75 Å². The second kappa shape index (κ2) is 6.43. The summed E-state index contributed by atoms with van der Waals surface area (Å²) in [4.78, 5) is 12.0. The number of nitrogens with one attached hydrogen (secondary N) is 2. The van der Waals surface area contributed by atoms with Gasteiger partial charge in [0, 0.05) is 11.1 Å². The van der Waals surface area contributed by atoms with Crippen LogP contribution in [0.5, 0.6) is 5.75 Å². The third-order valence-corrected chi connectivity index (χ3v) is 3.09. The fourth-order valence-corrected chi connectivity index (χ4v) is 1.77. The fraction of sp³-hybridized carbons (Fsp3) is 0.312. The second-order valence-electron chi connectivity index (χ2n) is 5.89. The highest BCUT2D eigenvalue weighted by Crippen LogP contribution is 2.20. The van der Waals surface area contributed by atoms with E-state index in [-0.39, 0.29) is 11.3 Å². The largest absolute Gasteiger partial charge is 0.497 e. The Morgan fingerprint density at radius 1 is 1.36 bits per heavy atom. The lowest BCUT2D eigenvalue weighted by atomic mass is 9.92. The Morgan fingerprint density at radius 2 is 2.14 bits per heavy atom. The van der Waals surface area contributed by atoms with Gasteiger partial charge in [-0.1, -0.05) is 32.9 Å². The van der Waals surface area contributed by atoms with E-state index in [0.717, 1.165) is 17.0 Å². The van der Waals surface area contributed by atoms with Crippen molar-refractivity contribution in [3.63, 3.8) is 0 Å². The van der Waals surface area contributed by atoms with Crippen LogP contribution in [0, 0.1) is 0 Å². The van der Waals surface area contributed by atoms with E-state index in [1.807, 2.05) is 45.0 Å². The number of carbonyl (C=O) groups excluding carboxylic acids is 1. The minimum atomic E-state index is -0.356. The van der Waals surface area contributed by atoms with Crippen molar-refractivity contribution in [1.29, 1.82) is 0 Å². The number of methoxy groups -OCH3 is 1. The van der Waals surface area contributed by atoms with Gasteiger partial charge in [-0.3, -0.25) is 9.89 Å². The van der Waals surface area contributed by atoms with Gasteiger partial charge in [0.25, 0.3) is 5.91 Å². The van der Waals surface area contributed by atoms with Gasteiger partial charge in [0.15, 0.2) is 5.69 Å². The molecule has 22 heavy (non-hydrogen) atoms. The number of aromatic nitrogens is 2. The van der Waals surface area contributed by atoms with Crippen LogP contribution in [-0.4, -0.2) is 29.4 Å². The zero-order valence-electron chi connectivity index (χ0n) is 13.2. The highest BCUT2D eigenvalue weighted by atomic mass is 16.5. The standard InChI is InChI=1S/C16H20N4O2/c1-16(2,3)14-9-13(18-19-14)15(21)20-17-10-11-6-5-7-12(8-11)22-4/h5-10H,1-4H3,(H,18,19)(H,20,21). The zero-order chi connectivity index (χ0) is 16.2. The summed E-state index contributed by atoms with van der Waals surface area (Å²) < 4.78 is 5.12. The molecule has 116 valence electrons. The smallest absolute Gasteiger partial charge is 0.291 e. The molecule has 1 heterocycles. The zero-order valence-corrected chi connectivity index (χ0v) is 13.2. The van der Waals surface area contributed by atoms with Crippen molar-refractivity contribution in [1.82, 2.24) is 15.6 Å². The third kappa shape index (κ3) is 3.94. The molecular formula is C16H20N4O2. The molecule has 0 aliphatic rings. The van der Waals surface area contributed by atoms with Gasteiger partial charge in [0.2, 0.25) is 0 Å². The second-order valence-corrected chi connectivity index (χ2v) is 5.89. The molecule has 0 bridgehead atoms. The van der Waals surface area contributed by atoms with Crippen molar-refractivity contribution in [2.45, 2.75) is 26.2 Å². The molecule has 6 nitrogen and oxygen atoms in total. The molecule has 0 spiro atoms. The molecule has 6 heteroatoms. The van der Waals surface area contributed by atoms with E-state index >= 15 is 0 Å². The third-order valence-electron chi connectivity index (χ3n) is 3.09. The topological polar surface area (TPSA) is 79.4 Å². The fourth-order valence-electron chi connectivity index (χ4n) is 1.77. The van der Waals surface area contributed by atoms with Crippen molar-refractivity contribution in [3.8, 4) is 5.75 Å². The lowest BCUT2D eigenvalue weighted by Crippen LogP contribution is -2.18. The van der Waals surface area contributed by atoms with Crippen molar-refractivity contribution in [2.75, 3.05) is 7.11 Å². The van der Waals surface area contributed by atoms with E-state index < -0.39 is 0 Å². The Balaban J connectivity index is 2.00. The van der Waals surface area contributed by atoms with E-state index in [9.17, 15) is 4.79 Å². The molecule has 0 atom stereocenters. The van der Waals surface area contributed by atoms with Gasteiger partial charge in [-0.15, -0.1) is 0 Å². The van der Waals surface area contributed by atoms with E-state index in [2.05, 4.69) is 20.7 Å². The first kappa shape index (κ1) is 15.8. The van der Waals surface area contributed by atoms with Crippen molar-refractivity contribution >= 4 is 12.1 Å². The number of aromatic amines is 1. The minimum Gasteiger partial charge on any atom is -0.497 e. The number of amides is 1. The maximum Gasteiger partial charge on any atom is 0.291 e. The van der Waals surface area contributed by atoms with Crippen LogP contribution in [0.15, 0.2) is 35.4 Å². The molecule has 0 radical (unpaired) electrons. The summed E-state index contributed by atoms with van der Waals surface area (Å²) in [5.74, 6) is 0.378. The van der Waals surface area contributed by atoms with Crippen LogP contribution in [0.25, 0.3) is 0 Å². The molecule has 0 aliphatic heterocycles. The molecule has 2 rings (SSSR count). The average Bonchev–Trinajstić information content (AvgIpc) is 2.97. The van der Waals surface area contributed by atoms with Crippen LogP contribution in [0.1, 0.15) is 42.5 Å². The summed E-state index contributed by atoms with van der Waals surface area (Å²) in [6.45, 7) is 6.13. The van der Waals surface area contributed by atoms with E-state index in [1.165, 1.54) is 0 Å². The molecule has 1 aromatic carbocycles. The van der Waals surface area contributed by atoms with Crippen molar-refractivity contribution < 1.29 is 9.53 Å². The minimum absolute atomic E-state index is 0.0879. The monoisotopic (exact) mass is 300 g/mol. The molecule has 1 amide bonds. The Labute approximate surface area is 129 Å². The normalized spacial score (nSPS) is 11.6. The SMILES string of the molecule is COc1cccc(C=NNC(=O)c2cc(C(C)(C)C)[nH]n2)c1. The summed E-state index contributed by atoms with van der Waals surface area (Å²) in [5.41, 5.74) is 4.41. The molecule has 2 aromatic rings. The van der Waals surface area contributed by atoms with Crippen molar-refractivity contribution in [2.24, 2.45) is 5.10 Å². The number of carbonyl (C=O) groups is 1. The van der Waals surface area contributed by atoms with E-state index in [4.69, 9.17) is 4.74 Å². The van der Waals surface area contributed by atoms with Crippen LogP contribution in [0.3, 0.4) is 0 Å². The van der Waals surface area contributed by atoms with Gasteiger partial charge in [-0.2, -0.15) is 10.2 Å². The maximum atomic E-state index is 12.0. The molecule has 1 aromatic heterocycles. The molecule has 2 N–H and O–H groups in total. The molecule has 0 saturated carbocycles. The van der Waals surface area contributed by atoms with E-state index in [0.29, 0.717) is 5.69 Å². The quantitative estimate of drug-likeness (QED) is 0.672. The van der Waals surface area contributed by atoms with Gasteiger partial charge >= 0.3 is 0 Å². The van der Waals surface area contributed by atoms with Crippen LogP contribution in [0.2, 0.25) is 0 Å². The molecule has 0 fully saturated rings. The summed E-state index contributed by atoms with van der Waals surface area (Å²) >= 11 is 0. The summed E-state index contributed by atoms with van der Waals surface area (Å²) in [7, 11) is 1.60. The number of rotatable bonds is 4. The molecule has 0 aliphatic carbocycles. The maximum absolute atomic E-state index is 12.0. The van der Waals surface area contributed by atoms with Gasteiger partial charge in [-0.25, -0.2) is 5.43 Å². The molecule has 0 saturated heterocycles. The molecular weight excluding hydrogens is 280 g/mol. The first-order valence-electron chi connectivity index (χ1n) is 6.93. The number of ether oxygens (including phenoxy) is 1. The number of benzene rings is 1. The van der Waals surface area contributed by atoms with Crippen LogP contribution in [0.4, 0.5) is 0 Å². The van der Waals surface area contributed by atoms with Crippen LogP contribution >= 0.6 is 0 Å². The average molecular weight is 300 g/mol. The highest BCUT2D eigenvalue weighted by molar-refractivity contribution is 5.93. The number of nitrogens with zero attached hydrogens (tertiary/aromatic N) is 2. The Kier molecular flexibility index (Phi) is 4.60. The number of hydrogen-bond donors (Lipinski definition) is 2. The number of hydrogen-bond acceptors (Lipinski definition) is 4. The van der Waals surface area contributed by atoms with Crippen LogP contribution in [-0.2, 0) is 5.41 Å². The van der Waals surface area contributed by atoms with Gasteiger partial charge < -0.3 is 4.74 Å². The Bertz CT molecular complexity index is 683. The summed E-state index contributed by atoms with van der Waals surface area (Å²) in [5, 5.41) is 10.8. The predicted octanol–water partition coefficient (Wildman–Crippen LogP) is 2.48. The number of hydrazone groups is 1. The highest BCUT2D eigenvalue weighted by Gasteiger charge is 2.19. The lowest BCUT2D eigenvalue weighted by Gasteiger charge is -2.14. The number of H-pyrrole nitrogens is 1. The lowest BCUT2D eigenvalue weighted by molar-refractivity contribution is 0.0950. The van der Waals surface area contributed by atoms with Crippen LogP contribution < -0.4 is 10.2 Å². The van der Waals surface area contributed by atoms with Crippen molar-refractivity contribution in [3.05, 3.63) is 47.3 Å². The van der Waals surface area contributed by atoms with Gasteiger partial charge in [0.05, 0.1) is 13.3 Å². The Morgan fingerprint density at radius 3 is 2.77 bits per heavy atom. The first-order chi connectivity index (χ1) is 10.4. The van der Waals surface area contributed by atoms with Gasteiger partial charge in [-0.05, 0) is 23.8 Å². The van der Waals surface area contributed by atoms with E-state index in [1.54, 1.807) is 19.4 Å². The summed E-state index contributed by atoms with van der Waals surface area (Å²) in [6.07, 6.45) is 1.55. The first-order valence-corrected chi connectivity index (χ1v) is 6.93. The summed E-state index contributed by atoms with van der Waals surface area (Å²) in [6, 6.07) is 9.11.